The third-order valence-corrected chi connectivity index (χ3v) is 8.21. The fourth-order valence-corrected chi connectivity index (χ4v) is 5.83. The van der Waals surface area contributed by atoms with Crippen molar-refractivity contribution in [2.75, 3.05) is 24.2 Å². The number of aryl methyl sites for hydroxylation is 1. The maximum Gasteiger partial charge on any atom is 0.317 e. The maximum absolute atomic E-state index is 13.9. The van der Waals surface area contributed by atoms with Gasteiger partial charge in [0.25, 0.3) is 11.8 Å². The molecular formula is C29H28N4O6S. The number of carboxylic acids is 1. The number of hydrogen-bond donors (Lipinski definition) is 3. The minimum Gasteiger partial charge on any atom is -0.480 e. The monoisotopic (exact) mass is 560 g/mol. The lowest BCUT2D eigenvalue weighted by Crippen LogP contribution is -2.25. The predicted molar refractivity (Wildman–Crippen MR) is 151 cm³/mol. The average Bonchev–Trinajstić information content (AvgIpc) is 3.39. The fraction of sp³-hybridized carbons (Fsp3) is 0.172. The van der Waals surface area contributed by atoms with Gasteiger partial charge in [0.2, 0.25) is 0 Å². The van der Waals surface area contributed by atoms with Crippen LogP contribution >= 0.6 is 0 Å². The third-order valence-electron chi connectivity index (χ3n) is 5.90. The molecule has 0 aliphatic carbocycles. The van der Waals surface area contributed by atoms with E-state index in [0.29, 0.717) is 34.7 Å². The van der Waals surface area contributed by atoms with Crippen molar-refractivity contribution in [1.82, 2.24) is 10.3 Å². The highest BCUT2D eigenvalue weighted by atomic mass is 32.2. The molecule has 11 heteroatoms. The molecule has 1 atom stereocenters. The highest BCUT2D eigenvalue weighted by molar-refractivity contribution is 7.94. The standard InChI is InChI=1S/C29H28N4O6S/c1-20-11-13-39-27(20)29(37)32-24-8-5-7-21(16-24)22-15-23(18-31-17-22)28(36)33-40(38,25-9-3-2-4-10-25)14-6-12-30-19-26(34)35/h2-5,7-11,13,15-18,30H,6,12,14,19H2,1H3,(H,32,37)(H,34,35)/t40-/m0/s1. The van der Waals surface area contributed by atoms with E-state index in [4.69, 9.17) is 9.52 Å². The Hall–Kier alpha value is -4.61. The number of carboxylic acid groups (broad SMARTS) is 1. The summed E-state index contributed by atoms with van der Waals surface area (Å²) in [6.07, 6.45) is 4.75. The van der Waals surface area contributed by atoms with Gasteiger partial charge in [-0.1, -0.05) is 30.3 Å². The maximum atomic E-state index is 13.9. The smallest absolute Gasteiger partial charge is 0.317 e. The number of pyridine rings is 1. The molecule has 2 aromatic heterocycles. The molecule has 0 bridgehead atoms. The molecule has 0 unspecified atom stereocenters. The molecule has 0 fully saturated rings. The van der Waals surface area contributed by atoms with Gasteiger partial charge in [0.1, 0.15) is 0 Å². The Morgan fingerprint density at radius 1 is 1.00 bits per heavy atom. The number of carbonyl (C=O) groups excluding carboxylic acids is 2. The van der Waals surface area contributed by atoms with Gasteiger partial charge >= 0.3 is 5.97 Å². The van der Waals surface area contributed by atoms with E-state index in [1.165, 1.54) is 12.5 Å². The van der Waals surface area contributed by atoms with Crippen LogP contribution < -0.4 is 10.6 Å². The Morgan fingerprint density at radius 3 is 2.52 bits per heavy atom. The van der Waals surface area contributed by atoms with Gasteiger partial charge in [0.15, 0.2) is 5.76 Å². The van der Waals surface area contributed by atoms with E-state index in [0.717, 1.165) is 5.56 Å². The van der Waals surface area contributed by atoms with Crippen molar-refractivity contribution in [2.45, 2.75) is 18.2 Å². The summed E-state index contributed by atoms with van der Waals surface area (Å²) in [6, 6.07) is 18.9. The minimum atomic E-state index is -3.13. The van der Waals surface area contributed by atoms with Gasteiger partial charge in [0, 0.05) is 39.9 Å². The van der Waals surface area contributed by atoms with Gasteiger partial charge in [-0.15, -0.1) is 0 Å². The largest absolute Gasteiger partial charge is 0.480 e. The van der Waals surface area contributed by atoms with E-state index in [-0.39, 0.29) is 29.5 Å². The van der Waals surface area contributed by atoms with Crippen LogP contribution in [0.5, 0.6) is 0 Å². The number of carbonyl (C=O) groups is 3. The first-order valence-electron chi connectivity index (χ1n) is 12.4. The number of nitrogens with one attached hydrogen (secondary N) is 2. The first-order chi connectivity index (χ1) is 19.2. The van der Waals surface area contributed by atoms with E-state index in [2.05, 4.69) is 20.0 Å². The summed E-state index contributed by atoms with van der Waals surface area (Å²) >= 11 is 0. The molecule has 2 heterocycles. The number of furan rings is 1. The number of amides is 2. The van der Waals surface area contributed by atoms with Crippen LogP contribution in [0.15, 0.2) is 99.1 Å². The van der Waals surface area contributed by atoms with E-state index >= 15 is 0 Å². The Bertz CT molecular complexity index is 1640. The number of benzene rings is 2. The third kappa shape index (κ3) is 7.28. The van der Waals surface area contributed by atoms with Gasteiger partial charge in [-0.05, 0) is 61.9 Å². The molecule has 0 aliphatic heterocycles. The molecule has 2 aromatic carbocycles. The number of nitrogens with zero attached hydrogens (tertiary/aromatic N) is 2. The second kappa shape index (κ2) is 13.0. The molecule has 4 rings (SSSR count). The van der Waals surface area contributed by atoms with Crippen molar-refractivity contribution in [3.8, 4) is 11.1 Å². The zero-order valence-electron chi connectivity index (χ0n) is 21.7. The van der Waals surface area contributed by atoms with Crippen LogP contribution in [0.3, 0.4) is 0 Å². The fourth-order valence-electron chi connectivity index (χ4n) is 3.91. The van der Waals surface area contributed by atoms with Crippen molar-refractivity contribution < 1.29 is 28.1 Å². The van der Waals surface area contributed by atoms with E-state index < -0.39 is 21.6 Å². The van der Waals surface area contributed by atoms with Crippen molar-refractivity contribution in [3.63, 3.8) is 0 Å². The number of anilines is 1. The summed E-state index contributed by atoms with van der Waals surface area (Å²) < 4.78 is 23.3. The summed E-state index contributed by atoms with van der Waals surface area (Å²) in [5.74, 6) is -1.76. The minimum absolute atomic E-state index is 0.0688. The highest BCUT2D eigenvalue weighted by Crippen LogP contribution is 2.25. The lowest BCUT2D eigenvalue weighted by molar-refractivity contribution is -0.135. The normalized spacial score (nSPS) is 12.3. The summed E-state index contributed by atoms with van der Waals surface area (Å²) in [4.78, 5) is 41.1. The SMILES string of the molecule is Cc1ccoc1C(=O)Nc1cccc(-c2cncc(C(=O)N=[S@](=O)(CCCNCC(=O)O)c3ccccc3)c2)c1. The summed E-state index contributed by atoms with van der Waals surface area (Å²) in [5, 5.41) is 14.3. The molecule has 0 saturated heterocycles. The zero-order chi connectivity index (χ0) is 28.5. The van der Waals surface area contributed by atoms with Crippen LogP contribution in [-0.4, -0.2) is 50.9 Å². The summed E-state index contributed by atoms with van der Waals surface area (Å²) in [5.41, 5.74) is 2.71. The lowest BCUT2D eigenvalue weighted by Gasteiger charge is -2.11. The van der Waals surface area contributed by atoms with Crippen molar-refractivity contribution in [1.29, 1.82) is 0 Å². The van der Waals surface area contributed by atoms with Crippen molar-refractivity contribution in [3.05, 3.63) is 102 Å². The first-order valence-corrected chi connectivity index (χ1v) is 14.1. The Morgan fingerprint density at radius 2 is 1.80 bits per heavy atom. The number of hydrogen-bond acceptors (Lipinski definition) is 7. The molecule has 4 aromatic rings. The second-order valence-electron chi connectivity index (χ2n) is 8.91. The lowest BCUT2D eigenvalue weighted by atomic mass is 10.1. The van der Waals surface area contributed by atoms with Crippen molar-refractivity contribution in [2.24, 2.45) is 4.36 Å². The average molecular weight is 561 g/mol. The predicted octanol–water partition coefficient (Wildman–Crippen LogP) is 4.63. The van der Waals surface area contributed by atoms with Gasteiger partial charge in [-0.2, -0.15) is 4.36 Å². The van der Waals surface area contributed by atoms with E-state index in [9.17, 15) is 18.6 Å². The molecular weight excluding hydrogens is 532 g/mol. The highest BCUT2D eigenvalue weighted by Gasteiger charge is 2.18. The van der Waals surface area contributed by atoms with Gasteiger partial charge in [-0.25, -0.2) is 4.21 Å². The Kier molecular flexibility index (Phi) is 9.20. The molecule has 3 N–H and O–H groups in total. The van der Waals surface area contributed by atoms with Gasteiger partial charge in [-0.3, -0.25) is 19.4 Å². The van der Waals surface area contributed by atoms with Gasteiger partial charge < -0.3 is 20.2 Å². The summed E-state index contributed by atoms with van der Waals surface area (Å²) in [6.45, 7) is 1.87. The zero-order valence-corrected chi connectivity index (χ0v) is 22.5. The quantitative estimate of drug-likeness (QED) is 0.225. The molecule has 2 amide bonds. The molecule has 0 radical (unpaired) electrons. The van der Waals surface area contributed by atoms with Crippen LogP contribution in [-0.2, 0) is 14.5 Å². The van der Waals surface area contributed by atoms with E-state index in [1.54, 1.807) is 73.8 Å². The van der Waals surface area contributed by atoms with Crippen LogP contribution in [0.4, 0.5) is 5.69 Å². The van der Waals surface area contributed by atoms with Crippen molar-refractivity contribution >= 4 is 33.2 Å². The molecule has 206 valence electrons. The number of rotatable bonds is 11. The molecule has 40 heavy (non-hydrogen) atoms. The van der Waals surface area contributed by atoms with Crippen LogP contribution in [0.25, 0.3) is 11.1 Å². The molecule has 10 nitrogen and oxygen atoms in total. The number of aliphatic carboxylic acids is 1. The topological polar surface area (TPSA) is 151 Å². The number of aromatic nitrogens is 1. The van der Waals surface area contributed by atoms with Crippen LogP contribution in [0.2, 0.25) is 0 Å². The Balaban J connectivity index is 1.56. The first kappa shape index (κ1) is 28.4. The van der Waals surface area contributed by atoms with Crippen LogP contribution in [0, 0.1) is 6.92 Å². The van der Waals surface area contributed by atoms with Gasteiger partial charge in [0.05, 0.1) is 28.1 Å². The van der Waals surface area contributed by atoms with Crippen LogP contribution in [0.1, 0.15) is 32.9 Å². The molecule has 0 saturated carbocycles. The second-order valence-corrected chi connectivity index (χ2v) is 11.3. The summed E-state index contributed by atoms with van der Waals surface area (Å²) in [7, 11) is -3.13. The Labute approximate surface area is 231 Å². The molecule has 0 aliphatic rings. The molecule has 0 spiro atoms. The van der Waals surface area contributed by atoms with E-state index in [1.807, 2.05) is 6.07 Å².